The summed E-state index contributed by atoms with van der Waals surface area (Å²) < 4.78 is 1.48. The highest BCUT2D eigenvalue weighted by molar-refractivity contribution is 5.60. The van der Waals surface area contributed by atoms with Crippen LogP contribution >= 0.6 is 0 Å². The monoisotopic (exact) mass is 222 g/mol. The number of aromatic nitrogens is 2. The van der Waals surface area contributed by atoms with Gasteiger partial charge in [0.15, 0.2) is 0 Å². The summed E-state index contributed by atoms with van der Waals surface area (Å²) in [5.41, 5.74) is 0.530. The summed E-state index contributed by atoms with van der Waals surface area (Å²) in [4.78, 5) is 10.5. The quantitative estimate of drug-likeness (QED) is 0.474. The number of rotatable bonds is 4. The molecule has 1 rings (SSSR count). The van der Waals surface area contributed by atoms with E-state index in [2.05, 4.69) is 22.3 Å². The molecule has 0 saturated carbocycles. The molecule has 0 amide bonds. The van der Waals surface area contributed by atoms with Crippen LogP contribution in [-0.2, 0) is 13.5 Å². The largest absolute Gasteiger partial charge is 0.354 e. The average molecular weight is 222 g/mol. The van der Waals surface area contributed by atoms with Crippen molar-refractivity contribution in [1.82, 2.24) is 9.78 Å². The fourth-order valence-electron chi connectivity index (χ4n) is 1.41. The zero-order valence-electron chi connectivity index (χ0n) is 9.57. The van der Waals surface area contributed by atoms with Crippen molar-refractivity contribution in [3.63, 3.8) is 0 Å². The molecule has 0 fully saturated rings. The van der Waals surface area contributed by atoms with Crippen LogP contribution in [0.15, 0.2) is 0 Å². The van der Waals surface area contributed by atoms with Crippen molar-refractivity contribution in [1.29, 1.82) is 0 Å². The first-order valence-corrected chi connectivity index (χ1v) is 4.95. The normalized spacial score (nSPS) is 9.44. The number of nitro groups is 1. The maximum absolute atomic E-state index is 10.9. The topological polar surface area (TPSA) is 73.0 Å². The average Bonchev–Trinajstić information content (AvgIpc) is 2.56. The van der Waals surface area contributed by atoms with Crippen LogP contribution in [0.4, 0.5) is 11.5 Å². The molecule has 86 valence electrons. The lowest BCUT2D eigenvalue weighted by Gasteiger charge is -2.01. The number of hydrogen-bond acceptors (Lipinski definition) is 4. The van der Waals surface area contributed by atoms with E-state index in [1.807, 2.05) is 6.92 Å². The molecule has 1 aromatic heterocycles. The Bertz CT molecular complexity index is 453. The maximum atomic E-state index is 10.9. The van der Waals surface area contributed by atoms with Crippen LogP contribution in [0.3, 0.4) is 0 Å². The number of aryl methyl sites for hydroxylation is 2. The molecule has 6 heteroatoms. The van der Waals surface area contributed by atoms with E-state index in [-0.39, 0.29) is 5.69 Å². The summed E-state index contributed by atoms with van der Waals surface area (Å²) in [6.07, 6.45) is 0.533. The van der Waals surface area contributed by atoms with E-state index in [0.717, 1.165) is 0 Å². The summed E-state index contributed by atoms with van der Waals surface area (Å²) in [7, 11) is 1.67. The molecule has 1 heterocycles. The Labute approximate surface area is 93.8 Å². The summed E-state index contributed by atoms with van der Waals surface area (Å²) in [5.74, 6) is 5.91. The van der Waals surface area contributed by atoms with Gasteiger partial charge in [-0.1, -0.05) is 12.8 Å². The summed E-state index contributed by atoms with van der Waals surface area (Å²) in [5, 5.41) is 17.9. The Morgan fingerprint density at radius 3 is 2.81 bits per heavy atom. The Hall–Kier alpha value is -2.03. The first-order valence-electron chi connectivity index (χ1n) is 4.95. The van der Waals surface area contributed by atoms with Crippen LogP contribution in [-0.4, -0.2) is 21.2 Å². The summed E-state index contributed by atoms with van der Waals surface area (Å²) in [6, 6.07) is 0. The highest BCUT2D eigenvalue weighted by atomic mass is 16.6. The molecule has 16 heavy (non-hydrogen) atoms. The van der Waals surface area contributed by atoms with Gasteiger partial charge in [-0.25, -0.2) is 4.68 Å². The second-order valence-electron chi connectivity index (χ2n) is 3.16. The Balaban J connectivity index is 3.08. The molecule has 0 spiro atoms. The highest BCUT2D eigenvalue weighted by Crippen LogP contribution is 2.27. The summed E-state index contributed by atoms with van der Waals surface area (Å²) >= 11 is 0. The van der Waals surface area contributed by atoms with Crippen LogP contribution in [0.25, 0.3) is 0 Å². The second kappa shape index (κ2) is 5.16. The third kappa shape index (κ3) is 2.31. The van der Waals surface area contributed by atoms with E-state index in [1.165, 1.54) is 4.68 Å². The molecule has 6 nitrogen and oxygen atoms in total. The van der Waals surface area contributed by atoms with Gasteiger partial charge in [-0.05, 0) is 13.3 Å². The zero-order valence-corrected chi connectivity index (χ0v) is 9.57. The number of nitrogens with zero attached hydrogens (tertiary/aromatic N) is 3. The van der Waals surface area contributed by atoms with Gasteiger partial charge in [0.25, 0.3) is 0 Å². The van der Waals surface area contributed by atoms with E-state index >= 15 is 0 Å². The minimum Gasteiger partial charge on any atom is -0.354 e. The lowest BCUT2D eigenvalue weighted by molar-refractivity contribution is -0.384. The standard InChI is InChI=1S/C10H14N4O2/c1-4-6-7-11-10-9(14(15)16)8(5-2)12-13(10)3/h11H,5,7H2,1-3H3. The molecule has 0 aliphatic carbocycles. The predicted molar refractivity (Wildman–Crippen MR) is 61.2 cm³/mol. The molecular formula is C10H14N4O2. The van der Waals surface area contributed by atoms with Crippen molar-refractivity contribution >= 4 is 11.5 Å². The molecule has 0 aromatic carbocycles. The van der Waals surface area contributed by atoms with Gasteiger partial charge in [-0.15, -0.1) is 5.92 Å². The second-order valence-corrected chi connectivity index (χ2v) is 3.16. The molecule has 0 aliphatic rings. The van der Waals surface area contributed by atoms with Crippen molar-refractivity contribution in [2.75, 3.05) is 11.9 Å². The number of nitrogens with one attached hydrogen (secondary N) is 1. The van der Waals surface area contributed by atoms with Gasteiger partial charge >= 0.3 is 5.69 Å². The third-order valence-electron chi connectivity index (χ3n) is 2.13. The van der Waals surface area contributed by atoms with Gasteiger partial charge in [0.05, 0.1) is 11.5 Å². The molecule has 0 aliphatic heterocycles. The molecule has 1 N–H and O–H groups in total. The van der Waals surface area contributed by atoms with Gasteiger partial charge in [0.2, 0.25) is 5.82 Å². The molecule has 0 bridgehead atoms. The molecular weight excluding hydrogens is 208 g/mol. The van der Waals surface area contributed by atoms with Gasteiger partial charge in [-0.2, -0.15) is 5.10 Å². The smallest absolute Gasteiger partial charge is 0.334 e. The Morgan fingerprint density at radius 2 is 2.31 bits per heavy atom. The van der Waals surface area contributed by atoms with E-state index < -0.39 is 4.92 Å². The SMILES string of the molecule is CC#CCNc1c([N+](=O)[O-])c(CC)nn1C. The van der Waals surface area contributed by atoms with Crippen LogP contribution in [0.1, 0.15) is 19.5 Å². The molecule has 0 radical (unpaired) electrons. The zero-order chi connectivity index (χ0) is 12.1. The van der Waals surface area contributed by atoms with E-state index in [0.29, 0.717) is 24.5 Å². The van der Waals surface area contributed by atoms with Gasteiger partial charge < -0.3 is 5.32 Å². The lowest BCUT2D eigenvalue weighted by Crippen LogP contribution is -2.06. The first kappa shape index (κ1) is 12.0. The van der Waals surface area contributed by atoms with Crippen LogP contribution in [0.2, 0.25) is 0 Å². The molecule has 0 atom stereocenters. The first-order chi connectivity index (χ1) is 7.61. The lowest BCUT2D eigenvalue weighted by atomic mass is 10.3. The van der Waals surface area contributed by atoms with Crippen LogP contribution < -0.4 is 5.32 Å². The molecule has 1 aromatic rings. The highest BCUT2D eigenvalue weighted by Gasteiger charge is 2.24. The Morgan fingerprint density at radius 1 is 1.62 bits per heavy atom. The summed E-state index contributed by atoms with van der Waals surface area (Å²) in [6.45, 7) is 3.93. The van der Waals surface area contributed by atoms with E-state index in [4.69, 9.17) is 0 Å². The minimum atomic E-state index is -0.409. The third-order valence-corrected chi connectivity index (χ3v) is 2.13. The van der Waals surface area contributed by atoms with Crippen LogP contribution in [0, 0.1) is 22.0 Å². The van der Waals surface area contributed by atoms with Crippen molar-refractivity contribution in [3.05, 3.63) is 15.8 Å². The van der Waals surface area contributed by atoms with Crippen molar-refractivity contribution in [2.24, 2.45) is 7.05 Å². The predicted octanol–water partition coefficient (Wildman–Crippen LogP) is 1.33. The maximum Gasteiger partial charge on any atom is 0.334 e. The number of anilines is 1. The van der Waals surface area contributed by atoms with Gasteiger partial charge in [0, 0.05) is 7.05 Å². The molecule has 0 saturated heterocycles. The van der Waals surface area contributed by atoms with E-state index in [9.17, 15) is 10.1 Å². The fraction of sp³-hybridized carbons (Fsp3) is 0.500. The van der Waals surface area contributed by atoms with E-state index in [1.54, 1.807) is 14.0 Å². The van der Waals surface area contributed by atoms with Crippen molar-refractivity contribution < 1.29 is 4.92 Å². The Kier molecular flexibility index (Phi) is 3.89. The van der Waals surface area contributed by atoms with Crippen molar-refractivity contribution in [2.45, 2.75) is 20.3 Å². The van der Waals surface area contributed by atoms with Gasteiger partial charge in [0.1, 0.15) is 5.69 Å². The number of hydrogen-bond donors (Lipinski definition) is 1. The van der Waals surface area contributed by atoms with Gasteiger partial charge in [-0.3, -0.25) is 10.1 Å². The fourth-order valence-corrected chi connectivity index (χ4v) is 1.41. The van der Waals surface area contributed by atoms with Crippen molar-refractivity contribution in [3.8, 4) is 11.8 Å². The van der Waals surface area contributed by atoms with Crippen LogP contribution in [0.5, 0.6) is 0 Å². The molecule has 0 unspecified atom stereocenters. The minimum absolute atomic E-state index is 0.0444.